The van der Waals surface area contributed by atoms with Gasteiger partial charge in [-0.15, -0.1) is 0 Å². The number of piperidine rings is 2. The summed E-state index contributed by atoms with van der Waals surface area (Å²) in [6, 6.07) is 0.646. The maximum atomic E-state index is 9.18. The van der Waals surface area contributed by atoms with Crippen LogP contribution in [0, 0.1) is 0 Å². The number of rotatable bonds is 1. The molecule has 2 aliphatic rings. The summed E-state index contributed by atoms with van der Waals surface area (Å²) in [5.74, 6) is 0. The predicted molar refractivity (Wildman–Crippen MR) is 70.1 cm³/mol. The molecule has 4 heteroatoms. The molecule has 0 bridgehead atoms. The third kappa shape index (κ3) is 6.36. The lowest BCUT2D eigenvalue weighted by Gasteiger charge is -2.32. The molecule has 0 unspecified atom stereocenters. The Morgan fingerprint density at radius 1 is 0.941 bits per heavy atom. The van der Waals surface area contributed by atoms with Crippen molar-refractivity contribution in [2.75, 3.05) is 26.2 Å². The average Bonchev–Trinajstić information content (AvgIpc) is 2.31. The van der Waals surface area contributed by atoms with Crippen molar-refractivity contribution in [1.29, 1.82) is 0 Å². The Hall–Kier alpha value is -0.160. The van der Waals surface area contributed by atoms with Gasteiger partial charge in [0.2, 0.25) is 0 Å². The van der Waals surface area contributed by atoms with Crippen LogP contribution in [0.5, 0.6) is 0 Å². The molecular formula is C13H28N2O2. The zero-order valence-corrected chi connectivity index (χ0v) is 11.2. The fraction of sp³-hybridized carbons (Fsp3) is 1.00. The van der Waals surface area contributed by atoms with Crippen LogP contribution in [0.4, 0.5) is 0 Å². The Bertz CT molecular complexity index is 186. The molecule has 0 saturated carbocycles. The summed E-state index contributed by atoms with van der Waals surface area (Å²) in [4.78, 5) is 2.41. The Kier molecular flexibility index (Phi) is 7.04. The topological polar surface area (TPSA) is 55.7 Å². The minimum absolute atomic E-state index is 0.0266. The second-order valence-electron chi connectivity index (χ2n) is 5.34. The van der Waals surface area contributed by atoms with Crippen molar-refractivity contribution in [3.63, 3.8) is 0 Å². The minimum atomic E-state index is -0.0324. The first-order chi connectivity index (χ1) is 8.09. The van der Waals surface area contributed by atoms with Crippen LogP contribution in [0.3, 0.4) is 0 Å². The van der Waals surface area contributed by atoms with Crippen LogP contribution in [-0.4, -0.2) is 59.5 Å². The van der Waals surface area contributed by atoms with E-state index in [1.807, 2.05) is 0 Å². The molecule has 0 aliphatic carbocycles. The highest BCUT2D eigenvalue weighted by molar-refractivity contribution is 4.72. The molecule has 2 rings (SSSR count). The highest BCUT2D eigenvalue weighted by atomic mass is 16.3. The number of nitrogens with one attached hydrogen (secondary N) is 1. The largest absolute Gasteiger partial charge is 0.393 e. The van der Waals surface area contributed by atoms with Gasteiger partial charge < -0.3 is 20.4 Å². The highest BCUT2D eigenvalue weighted by Gasteiger charge is 2.18. The fourth-order valence-electron chi connectivity index (χ4n) is 2.21. The normalized spacial score (nSPS) is 24.5. The molecule has 2 aliphatic heterocycles. The van der Waals surface area contributed by atoms with Gasteiger partial charge in [0.25, 0.3) is 0 Å². The smallest absolute Gasteiger partial charge is 0.0564 e. The molecule has 2 fully saturated rings. The summed E-state index contributed by atoms with van der Waals surface area (Å²) in [7, 11) is 0. The third-order valence-electron chi connectivity index (χ3n) is 3.54. The van der Waals surface area contributed by atoms with Gasteiger partial charge in [-0.25, -0.2) is 0 Å². The lowest BCUT2D eigenvalue weighted by atomic mass is 10.1. The molecule has 0 spiro atoms. The Labute approximate surface area is 105 Å². The van der Waals surface area contributed by atoms with Crippen molar-refractivity contribution < 1.29 is 10.2 Å². The molecule has 3 N–H and O–H groups in total. The van der Waals surface area contributed by atoms with E-state index in [0.29, 0.717) is 6.04 Å². The SMILES string of the molecule is CC(C)N1CCC(O)CC1.OC1CCNCC1. The van der Waals surface area contributed by atoms with Gasteiger partial charge in [-0.05, 0) is 52.6 Å². The maximum Gasteiger partial charge on any atom is 0.0564 e. The number of likely N-dealkylation sites (tertiary alicyclic amines) is 1. The molecule has 0 amide bonds. The molecule has 17 heavy (non-hydrogen) atoms. The van der Waals surface area contributed by atoms with Gasteiger partial charge >= 0.3 is 0 Å². The van der Waals surface area contributed by atoms with Crippen molar-refractivity contribution in [3.8, 4) is 0 Å². The fourth-order valence-corrected chi connectivity index (χ4v) is 2.21. The van der Waals surface area contributed by atoms with Crippen molar-refractivity contribution in [3.05, 3.63) is 0 Å². The zero-order valence-electron chi connectivity index (χ0n) is 11.2. The second-order valence-corrected chi connectivity index (χ2v) is 5.34. The van der Waals surface area contributed by atoms with E-state index in [0.717, 1.165) is 51.9 Å². The summed E-state index contributed by atoms with van der Waals surface area (Å²) in [5.41, 5.74) is 0. The summed E-state index contributed by atoms with van der Waals surface area (Å²) < 4.78 is 0. The minimum Gasteiger partial charge on any atom is -0.393 e. The van der Waals surface area contributed by atoms with Gasteiger partial charge in [-0.2, -0.15) is 0 Å². The number of hydrogen-bond donors (Lipinski definition) is 3. The summed E-state index contributed by atoms with van der Waals surface area (Å²) in [5, 5.41) is 21.2. The van der Waals surface area contributed by atoms with Crippen molar-refractivity contribution >= 4 is 0 Å². The number of aliphatic hydroxyl groups excluding tert-OH is 2. The van der Waals surface area contributed by atoms with Crippen LogP contribution >= 0.6 is 0 Å². The van der Waals surface area contributed by atoms with Gasteiger partial charge in [0.1, 0.15) is 0 Å². The van der Waals surface area contributed by atoms with E-state index in [1.165, 1.54) is 0 Å². The standard InChI is InChI=1S/C8H17NO.C5H11NO/c1-7(2)9-5-3-8(10)4-6-9;7-5-1-3-6-4-2-5/h7-8,10H,3-6H2,1-2H3;5-7H,1-4H2. The maximum absolute atomic E-state index is 9.18. The Morgan fingerprint density at radius 2 is 1.41 bits per heavy atom. The average molecular weight is 244 g/mol. The summed E-state index contributed by atoms with van der Waals surface area (Å²) >= 11 is 0. The molecule has 0 atom stereocenters. The van der Waals surface area contributed by atoms with Gasteiger partial charge in [0.05, 0.1) is 12.2 Å². The third-order valence-corrected chi connectivity index (χ3v) is 3.54. The van der Waals surface area contributed by atoms with Crippen LogP contribution in [0.2, 0.25) is 0 Å². The van der Waals surface area contributed by atoms with E-state index in [1.54, 1.807) is 0 Å². The van der Waals surface area contributed by atoms with Crippen molar-refractivity contribution in [2.45, 2.75) is 57.8 Å². The van der Waals surface area contributed by atoms with E-state index < -0.39 is 0 Å². The molecule has 0 aromatic carbocycles. The predicted octanol–water partition coefficient (Wildman–Crippen LogP) is 0.582. The molecule has 4 nitrogen and oxygen atoms in total. The van der Waals surface area contributed by atoms with E-state index in [2.05, 4.69) is 24.1 Å². The monoisotopic (exact) mass is 244 g/mol. The molecule has 0 aromatic rings. The van der Waals surface area contributed by atoms with Gasteiger partial charge in [0, 0.05) is 19.1 Å². The number of hydrogen-bond acceptors (Lipinski definition) is 4. The van der Waals surface area contributed by atoms with Crippen LogP contribution in [0.15, 0.2) is 0 Å². The van der Waals surface area contributed by atoms with E-state index in [4.69, 9.17) is 5.11 Å². The first-order valence-electron chi connectivity index (χ1n) is 6.90. The van der Waals surface area contributed by atoms with Gasteiger partial charge in [0.15, 0.2) is 0 Å². The molecule has 2 heterocycles. The summed E-state index contributed by atoms with van der Waals surface area (Å²) in [6.45, 7) is 8.52. The molecule has 2 saturated heterocycles. The first kappa shape index (κ1) is 14.9. The van der Waals surface area contributed by atoms with Crippen LogP contribution in [0.25, 0.3) is 0 Å². The van der Waals surface area contributed by atoms with Gasteiger partial charge in [-0.1, -0.05) is 0 Å². The Morgan fingerprint density at radius 3 is 1.76 bits per heavy atom. The van der Waals surface area contributed by atoms with Crippen molar-refractivity contribution in [2.24, 2.45) is 0 Å². The van der Waals surface area contributed by atoms with Crippen molar-refractivity contribution in [1.82, 2.24) is 10.2 Å². The first-order valence-corrected chi connectivity index (χ1v) is 6.90. The molecular weight excluding hydrogens is 216 g/mol. The quantitative estimate of drug-likeness (QED) is 0.632. The Balaban J connectivity index is 0.000000181. The molecule has 0 aromatic heterocycles. The lowest BCUT2D eigenvalue weighted by Crippen LogP contribution is -2.39. The second kappa shape index (κ2) is 8.03. The lowest BCUT2D eigenvalue weighted by molar-refractivity contribution is 0.0685. The zero-order chi connectivity index (χ0) is 12.7. The number of nitrogens with zero attached hydrogens (tertiary/aromatic N) is 1. The van der Waals surface area contributed by atoms with E-state index in [-0.39, 0.29) is 12.2 Å². The number of aliphatic hydroxyl groups is 2. The van der Waals surface area contributed by atoms with Crippen LogP contribution < -0.4 is 5.32 Å². The molecule has 0 radical (unpaired) electrons. The summed E-state index contributed by atoms with van der Waals surface area (Å²) in [6.07, 6.45) is 3.72. The molecule has 102 valence electrons. The van der Waals surface area contributed by atoms with Crippen LogP contribution in [-0.2, 0) is 0 Å². The highest BCUT2D eigenvalue weighted by Crippen LogP contribution is 2.11. The van der Waals surface area contributed by atoms with Gasteiger partial charge in [-0.3, -0.25) is 0 Å². The van der Waals surface area contributed by atoms with E-state index in [9.17, 15) is 5.11 Å². The van der Waals surface area contributed by atoms with Crippen LogP contribution in [0.1, 0.15) is 39.5 Å². The van der Waals surface area contributed by atoms with E-state index >= 15 is 0 Å².